The summed E-state index contributed by atoms with van der Waals surface area (Å²) in [5, 5.41) is 4.28. The summed E-state index contributed by atoms with van der Waals surface area (Å²) in [5.74, 6) is 0.271. The van der Waals surface area contributed by atoms with E-state index in [-0.39, 0.29) is 11.2 Å². The standard InChI is InChI=1S/C12H19N3OS/c1-10(17-2)12(16)15-8-3-5-11(15)9-14-7-4-6-13-14/h4,6-7,10-11H,3,5,8-9H2,1-2H3/t10-,11-/m1/s1. The predicted octanol–water partition coefficient (Wildman–Crippen LogP) is 1.63. The van der Waals surface area contributed by atoms with Crippen LogP contribution in [0.4, 0.5) is 0 Å². The van der Waals surface area contributed by atoms with Crippen molar-refractivity contribution in [1.82, 2.24) is 14.7 Å². The van der Waals surface area contributed by atoms with Gasteiger partial charge in [0.15, 0.2) is 0 Å². The molecule has 2 atom stereocenters. The zero-order valence-corrected chi connectivity index (χ0v) is 11.2. The lowest BCUT2D eigenvalue weighted by Gasteiger charge is -2.26. The quantitative estimate of drug-likeness (QED) is 0.818. The van der Waals surface area contributed by atoms with E-state index >= 15 is 0 Å². The third-order valence-electron chi connectivity index (χ3n) is 3.32. The molecule has 2 heterocycles. The van der Waals surface area contributed by atoms with Crippen LogP contribution >= 0.6 is 11.8 Å². The molecule has 1 saturated heterocycles. The highest BCUT2D eigenvalue weighted by atomic mass is 32.2. The molecule has 0 bridgehead atoms. The second kappa shape index (κ2) is 5.58. The number of amides is 1. The van der Waals surface area contributed by atoms with E-state index in [4.69, 9.17) is 0 Å². The van der Waals surface area contributed by atoms with Crippen molar-refractivity contribution in [2.75, 3.05) is 12.8 Å². The van der Waals surface area contributed by atoms with Gasteiger partial charge in [-0.2, -0.15) is 16.9 Å². The van der Waals surface area contributed by atoms with Gasteiger partial charge in [0.25, 0.3) is 0 Å². The Bertz CT molecular complexity index is 366. The number of hydrogen-bond acceptors (Lipinski definition) is 3. The minimum Gasteiger partial charge on any atom is -0.337 e. The second-order valence-electron chi connectivity index (χ2n) is 4.43. The summed E-state index contributed by atoms with van der Waals surface area (Å²) in [6.07, 6.45) is 7.93. The first-order valence-electron chi connectivity index (χ1n) is 6.03. The van der Waals surface area contributed by atoms with Gasteiger partial charge in [0.2, 0.25) is 5.91 Å². The predicted molar refractivity (Wildman–Crippen MR) is 69.9 cm³/mol. The number of likely N-dealkylation sites (tertiary alicyclic amines) is 1. The van der Waals surface area contributed by atoms with Crippen LogP contribution in [0.5, 0.6) is 0 Å². The Labute approximate surface area is 106 Å². The van der Waals surface area contributed by atoms with Crippen LogP contribution in [0.1, 0.15) is 19.8 Å². The van der Waals surface area contributed by atoms with Crippen LogP contribution in [0.2, 0.25) is 0 Å². The van der Waals surface area contributed by atoms with Crippen molar-refractivity contribution < 1.29 is 4.79 Å². The minimum absolute atomic E-state index is 0.0632. The van der Waals surface area contributed by atoms with E-state index in [0.717, 1.165) is 25.9 Å². The van der Waals surface area contributed by atoms with Gasteiger partial charge in [-0.15, -0.1) is 0 Å². The van der Waals surface area contributed by atoms with Gasteiger partial charge in [-0.3, -0.25) is 9.48 Å². The molecule has 17 heavy (non-hydrogen) atoms. The monoisotopic (exact) mass is 253 g/mol. The number of rotatable bonds is 4. The summed E-state index contributed by atoms with van der Waals surface area (Å²) in [6.45, 7) is 3.70. The summed E-state index contributed by atoms with van der Waals surface area (Å²) in [4.78, 5) is 14.2. The first-order chi connectivity index (χ1) is 8.22. The van der Waals surface area contributed by atoms with Gasteiger partial charge in [-0.1, -0.05) is 0 Å². The van der Waals surface area contributed by atoms with Crippen molar-refractivity contribution in [1.29, 1.82) is 0 Å². The van der Waals surface area contributed by atoms with Crippen molar-refractivity contribution in [3.8, 4) is 0 Å². The fourth-order valence-corrected chi connectivity index (χ4v) is 2.61. The van der Waals surface area contributed by atoms with Gasteiger partial charge >= 0.3 is 0 Å². The average molecular weight is 253 g/mol. The summed E-state index contributed by atoms with van der Waals surface area (Å²) in [7, 11) is 0. The maximum atomic E-state index is 12.2. The van der Waals surface area contributed by atoms with Gasteiger partial charge in [-0.25, -0.2) is 0 Å². The van der Waals surface area contributed by atoms with Gasteiger partial charge in [0.05, 0.1) is 17.8 Å². The molecule has 1 amide bonds. The Morgan fingerprint density at radius 3 is 3.12 bits per heavy atom. The first kappa shape index (κ1) is 12.5. The molecule has 0 spiro atoms. The molecule has 94 valence electrons. The Balaban J connectivity index is 1.99. The fraction of sp³-hybridized carbons (Fsp3) is 0.667. The Kier molecular flexibility index (Phi) is 4.10. The van der Waals surface area contributed by atoms with Crippen molar-refractivity contribution in [2.45, 2.75) is 37.6 Å². The Hall–Kier alpha value is -0.970. The van der Waals surface area contributed by atoms with Crippen LogP contribution in [-0.2, 0) is 11.3 Å². The largest absolute Gasteiger partial charge is 0.337 e. The third kappa shape index (κ3) is 2.83. The molecule has 5 heteroatoms. The number of carbonyl (C=O) groups excluding carboxylic acids is 1. The van der Waals surface area contributed by atoms with Crippen molar-refractivity contribution in [3.05, 3.63) is 18.5 Å². The Morgan fingerprint density at radius 2 is 2.47 bits per heavy atom. The van der Waals surface area contributed by atoms with E-state index in [1.165, 1.54) is 0 Å². The highest BCUT2D eigenvalue weighted by Gasteiger charge is 2.31. The van der Waals surface area contributed by atoms with Crippen LogP contribution < -0.4 is 0 Å². The van der Waals surface area contributed by atoms with Gasteiger partial charge < -0.3 is 4.90 Å². The van der Waals surface area contributed by atoms with Crippen LogP contribution in [0.25, 0.3) is 0 Å². The van der Waals surface area contributed by atoms with Crippen LogP contribution in [0, 0.1) is 0 Å². The second-order valence-corrected chi connectivity index (χ2v) is 5.61. The van der Waals surface area contributed by atoms with E-state index in [1.54, 1.807) is 18.0 Å². The average Bonchev–Trinajstić information content (AvgIpc) is 2.99. The molecule has 1 aromatic heterocycles. The number of carbonyl (C=O) groups is 1. The molecule has 4 nitrogen and oxygen atoms in total. The topological polar surface area (TPSA) is 38.1 Å². The van der Waals surface area contributed by atoms with E-state index in [9.17, 15) is 4.79 Å². The lowest BCUT2D eigenvalue weighted by atomic mass is 10.2. The van der Waals surface area contributed by atoms with Crippen LogP contribution in [-0.4, -0.2) is 44.7 Å². The molecule has 0 aliphatic carbocycles. The number of hydrogen-bond donors (Lipinski definition) is 0. The zero-order chi connectivity index (χ0) is 12.3. The Morgan fingerprint density at radius 1 is 1.65 bits per heavy atom. The van der Waals surface area contributed by atoms with Crippen molar-refractivity contribution in [2.24, 2.45) is 0 Å². The van der Waals surface area contributed by atoms with Gasteiger partial charge in [0.1, 0.15) is 0 Å². The van der Waals surface area contributed by atoms with Gasteiger partial charge in [0, 0.05) is 18.9 Å². The molecule has 2 rings (SSSR count). The smallest absolute Gasteiger partial charge is 0.235 e. The summed E-state index contributed by atoms with van der Waals surface area (Å²) in [5.41, 5.74) is 0. The molecule has 0 aromatic carbocycles. The van der Waals surface area contributed by atoms with Crippen molar-refractivity contribution in [3.63, 3.8) is 0 Å². The summed E-state index contributed by atoms with van der Waals surface area (Å²) in [6, 6.07) is 2.24. The SMILES string of the molecule is CS[C@H](C)C(=O)N1CCC[C@@H]1Cn1cccn1. The van der Waals surface area contributed by atoms with E-state index in [0.29, 0.717) is 6.04 Å². The zero-order valence-electron chi connectivity index (χ0n) is 10.4. The summed E-state index contributed by atoms with van der Waals surface area (Å²) >= 11 is 1.62. The van der Waals surface area contributed by atoms with E-state index in [2.05, 4.69) is 5.10 Å². The normalized spacial score (nSPS) is 21.8. The van der Waals surface area contributed by atoms with Crippen LogP contribution in [0.15, 0.2) is 18.5 Å². The molecule has 1 aromatic rings. The lowest BCUT2D eigenvalue weighted by Crippen LogP contribution is -2.42. The van der Waals surface area contributed by atoms with E-state index in [1.807, 2.05) is 35.0 Å². The highest BCUT2D eigenvalue weighted by molar-refractivity contribution is 7.99. The molecule has 1 aliphatic heterocycles. The fourth-order valence-electron chi connectivity index (χ4n) is 2.27. The minimum atomic E-state index is 0.0632. The highest BCUT2D eigenvalue weighted by Crippen LogP contribution is 2.22. The molecule has 0 radical (unpaired) electrons. The molecule has 0 unspecified atom stereocenters. The number of aromatic nitrogens is 2. The van der Waals surface area contributed by atoms with E-state index < -0.39 is 0 Å². The molecule has 0 saturated carbocycles. The molecule has 1 aliphatic rings. The van der Waals surface area contributed by atoms with Gasteiger partial charge in [-0.05, 0) is 32.1 Å². The first-order valence-corrected chi connectivity index (χ1v) is 7.32. The maximum Gasteiger partial charge on any atom is 0.235 e. The maximum absolute atomic E-state index is 12.2. The summed E-state index contributed by atoms with van der Waals surface area (Å²) < 4.78 is 1.92. The lowest BCUT2D eigenvalue weighted by molar-refractivity contribution is -0.131. The number of thioether (sulfide) groups is 1. The molecular weight excluding hydrogens is 234 g/mol. The van der Waals surface area contributed by atoms with Crippen molar-refractivity contribution >= 4 is 17.7 Å². The van der Waals surface area contributed by atoms with Crippen LogP contribution in [0.3, 0.4) is 0 Å². The molecule has 1 fully saturated rings. The molecule has 0 N–H and O–H groups in total. The molecular formula is C12H19N3OS. The third-order valence-corrected chi connectivity index (χ3v) is 4.23. The number of nitrogens with zero attached hydrogens (tertiary/aromatic N) is 3.